The van der Waals surface area contributed by atoms with E-state index in [0.29, 0.717) is 43.8 Å². The molecule has 3 fully saturated rings. The number of nitrogens with two attached hydrogens (primary N) is 2. The average molecular weight is 1600 g/mol. The van der Waals surface area contributed by atoms with Crippen LogP contribution in [0.25, 0.3) is 44.9 Å². The molecule has 3 saturated heterocycles. The largest absolute Gasteiger partial charge is 0.495 e. The van der Waals surface area contributed by atoms with Crippen LogP contribution in [-0.2, 0) is 40.8 Å². The van der Waals surface area contributed by atoms with Gasteiger partial charge in [-0.1, -0.05) is 42.9 Å². The van der Waals surface area contributed by atoms with Crippen LogP contribution in [0, 0.1) is 76.4 Å². The summed E-state index contributed by atoms with van der Waals surface area (Å²) < 4.78 is 123. The number of pyridine rings is 3. The number of halogens is 8. The Morgan fingerprint density at radius 2 is 0.785 bits per heavy atom. The van der Waals surface area contributed by atoms with Crippen molar-refractivity contribution in [3.05, 3.63) is 222 Å². The maximum atomic E-state index is 14.3. The Labute approximate surface area is 639 Å². The molecule has 4 aromatic carbocycles. The van der Waals surface area contributed by atoms with Gasteiger partial charge in [0.15, 0.2) is 22.9 Å². The Kier molecular flexibility index (Phi) is 25.8. The van der Waals surface area contributed by atoms with Gasteiger partial charge in [0.05, 0.1) is 55.0 Å². The lowest BCUT2D eigenvalue weighted by molar-refractivity contribution is 0.00578. The number of rotatable bonds is 9. The van der Waals surface area contributed by atoms with Gasteiger partial charge in [0, 0.05) is 75.2 Å². The third kappa shape index (κ3) is 18.5. The SMILES string of the molecule is C.C.CC1(C)OB(B2OC(C)(C)C(C)(C)O2)OC1(C)C.Cc1cc(-c2c(-c3ccc(F)cc3)nc(N)n3nc(Cc4c(F)cccc4F)nc23)c(C)cn1.Cc1cc(B2OC(C)(C)C(C)(C)O2)c(C)cn1.Cc1cc(Br)c(C)cn1.Nc1nc(-c2ccc(F)cc2)c(Br)c2nc(Cc3c(F)cccc3F)nn12. The molecule has 564 valence electrons. The molecule has 10 heterocycles. The first-order valence-corrected chi connectivity index (χ1v) is 35.3. The Balaban J connectivity index is 0.000000177. The Bertz CT molecular complexity index is 4910. The molecule has 3 aliphatic rings. The third-order valence-corrected chi connectivity index (χ3v) is 20.9. The van der Waals surface area contributed by atoms with Crippen molar-refractivity contribution in [3.8, 4) is 33.6 Å². The van der Waals surface area contributed by atoms with Gasteiger partial charge >= 0.3 is 21.1 Å². The van der Waals surface area contributed by atoms with Gasteiger partial charge in [-0.25, -0.2) is 46.3 Å². The minimum Gasteiger partial charge on any atom is -0.405 e. The number of aromatic nitrogens is 11. The Morgan fingerprint density at radius 3 is 1.21 bits per heavy atom. The van der Waals surface area contributed by atoms with Gasteiger partial charge < -0.3 is 39.4 Å². The van der Waals surface area contributed by atoms with E-state index in [1.165, 1.54) is 75.3 Å². The van der Waals surface area contributed by atoms with E-state index < -0.39 is 37.3 Å². The molecule has 0 saturated carbocycles. The lowest BCUT2D eigenvalue weighted by Gasteiger charge is -2.32. The quantitative estimate of drug-likeness (QED) is 0.101. The van der Waals surface area contributed by atoms with Gasteiger partial charge in [-0.2, -0.15) is 9.03 Å². The molecule has 30 heteroatoms. The van der Waals surface area contributed by atoms with Gasteiger partial charge in [0.2, 0.25) is 11.9 Å². The molecule has 0 spiro atoms. The Morgan fingerprint density at radius 1 is 0.430 bits per heavy atom. The first-order chi connectivity index (χ1) is 49.1. The van der Waals surface area contributed by atoms with Crippen LogP contribution >= 0.6 is 31.9 Å². The van der Waals surface area contributed by atoms with Crippen molar-refractivity contribution in [1.29, 1.82) is 0 Å². The molecule has 0 radical (unpaired) electrons. The van der Waals surface area contributed by atoms with Crippen LogP contribution in [0.4, 0.5) is 38.2 Å². The molecule has 0 atom stereocenters. The lowest BCUT2D eigenvalue weighted by atomic mass is 9.49. The number of aryl methyl sites for hydroxylation is 6. The van der Waals surface area contributed by atoms with Crippen LogP contribution in [0.3, 0.4) is 0 Å². The van der Waals surface area contributed by atoms with Crippen LogP contribution in [-0.4, -0.2) is 109 Å². The van der Waals surface area contributed by atoms with Crippen molar-refractivity contribution in [1.82, 2.24) is 54.1 Å². The predicted molar refractivity (Wildman–Crippen MR) is 416 cm³/mol. The van der Waals surface area contributed by atoms with Crippen molar-refractivity contribution < 1.29 is 54.3 Å². The molecule has 4 N–H and O–H groups in total. The number of hydrogen-bond acceptors (Lipinski definition) is 17. The van der Waals surface area contributed by atoms with Crippen molar-refractivity contribution in [2.75, 3.05) is 11.5 Å². The van der Waals surface area contributed by atoms with Crippen molar-refractivity contribution in [2.45, 2.75) is 186 Å². The summed E-state index contributed by atoms with van der Waals surface area (Å²) in [6, 6.07) is 24.9. The first kappa shape index (κ1) is 84.2. The summed E-state index contributed by atoms with van der Waals surface area (Å²) in [5, 5.41) is 8.58. The molecule has 0 unspecified atom stereocenters. The van der Waals surface area contributed by atoms with E-state index in [4.69, 9.17) is 39.4 Å². The van der Waals surface area contributed by atoms with Crippen molar-refractivity contribution >= 4 is 81.7 Å². The van der Waals surface area contributed by atoms with E-state index in [1.807, 2.05) is 128 Å². The highest BCUT2D eigenvalue weighted by molar-refractivity contribution is 9.11. The molecule has 7 aromatic heterocycles. The van der Waals surface area contributed by atoms with Gasteiger partial charge in [-0.05, 0) is 259 Å². The summed E-state index contributed by atoms with van der Waals surface area (Å²) in [4.78, 5) is 30.5. The molecule has 19 nitrogen and oxygen atoms in total. The van der Waals surface area contributed by atoms with Gasteiger partial charge in [0.1, 0.15) is 34.9 Å². The van der Waals surface area contributed by atoms with Crippen molar-refractivity contribution in [2.24, 2.45) is 0 Å². The fourth-order valence-corrected chi connectivity index (χ4v) is 12.1. The fourth-order valence-electron chi connectivity index (χ4n) is 11.1. The van der Waals surface area contributed by atoms with E-state index in [9.17, 15) is 26.3 Å². The van der Waals surface area contributed by atoms with E-state index >= 15 is 0 Å². The van der Waals surface area contributed by atoms with Crippen LogP contribution < -0.4 is 16.9 Å². The molecule has 3 aliphatic heterocycles. The monoisotopic (exact) mass is 1600 g/mol. The molecule has 0 amide bonds. The number of nitrogen functional groups attached to an aromatic ring is 2. The predicted octanol–water partition coefficient (Wildman–Crippen LogP) is 17.2. The summed E-state index contributed by atoms with van der Waals surface area (Å²) in [7, 11) is -1.24. The van der Waals surface area contributed by atoms with Crippen LogP contribution in [0.5, 0.6) is 0 Å². The summed E-state index contributed by atoms with van der Waals surface area (Å²) >= 11 is 6.82. The maximum absolute atomic E-state index is 14.3. The van der Waals surface area contributed by atoms with E-state index in [2.05, 4.69) is 105 Å². The third-order valence-electron chi connectivity index (χ3n) is 19.3. The highest BCUT2D eigenvalue weighted by Crippen LogP contribution is 2.44. The number of nitrogens with zero attached hydrogens (tertiary/aromatic N) is 11. The molecular formula is C77H90B3Br2F6N13O6. The summed E-state index contributed by atoms with van der Waals surface area (Å²) in [5.74, 6) is -3.03. The summed E-state index contributed by atoms with van der Waals surface area (Å²) in [5.41, 5.74) is 21.2. The zero-order valence-corrected chi connectivity index (χ0v) is 64.9. The fraction of sp³-hybridized carbons (Fsp3) is 0.364. The topological polar surface area (TPSA) is 232 Å². The number of anilines is 2. The Hall–Kier alpha value is -8.48. The van der Waals surface area contributed by atoms with Gasteiger partial charge in [-0.3, -0.25) is 15.0 Å². The number of benzene rings is 4. The zero-order chi connectivity index (χ0) is 76.8. The molecule has 107 heavy (non-hydrogen) atoms. The second-order valence-corrected chi connectivity index (χ2v) is 30.5. The normalized spacial score (nSPS) is 16.1. The van der Waals surface area contributed by atoms with Crippen LogP contribution in [0.2, 0.25) is 0 Å². The van der Waals surface area contributed by atoms with Crippen LogP contribution in [0.1, 0.15) is 154 Å². The van der Waals surface area contributed by atoms with E-state index in [1.54, 1.807) is 30.5 Å². The van der Waals surface area contributed by atoms with Crippen LogP contribution in [0.15, 0.2) is 131 Å². The molecule has 11 aromatic rings. The lowest BCUT2D eigenvalue weighted by Crippen LogP contribution is -2.41. The highest BCUT2D eigenvalue weighted by Gasteiger charge is 2.64. The van der Waals surface area contributed by atoms with Gasteiger partial charge in [0.25, 0.3) is 0 Å². The highest BCUT2D eigenvalue weighted by atomic mass is 79.9. The first-order valence-electron chi connectivity index (χ1n) is 33.7. The zero-order valence-electron chi connectivity index (χ0n) is 61.7. The average Bonchev–Trinajstić information content (AvgIpc) is 1.70. The minimum atomic E-state index is -0.683. The molecule has 0 aliphatic carbocycles. The second-order valence-electron chi connectivity index (χ2n) is 28.9. The number of fused-ring (bicyclic) bond motifs is 2. The molecule has 14 rings (SSSR count). The maximum Gasteiger partial charge on any atom is 0.495 e. The summed E-state index contributed by atoms with van der Waals surface area (Å²) in [6.45, 7) is 36.2. The second kappa shape index (κ2) is 32.8. The standard InChI is InChI=1S/C25H19F3N6.C18H11BrF3N5.C13H20BNO2.C12H24B2O4.C7H8BrN.2CH4/c1-13-12-30-14(2)10-17(13)22-23(15-6-8-16(26)9-7-15)32-25(29)34-24(22)31-21(33-34)11-18-19(27)4-3-5-20(18)28;19-15-16(9-4-6-10(20)7-5-9)25-18(23)27-17(15)24-14(26-27)8-11-12(21)2-1-3-13(11)22;1-9-8-15-10(2)7-11(9)14-16-12(3,4)13(5,6)17-14;1-9(2)10(3,4)16-13(15-9)14-17-11(5,6)12(7,8)18-14;1-5-4-9-6(2)3-7(5)8;;/h3-10,12H,11H2,1-2H3,(H2,29,32);1-7H,8H2,(H2,23,25);7-8H,1-6H3;1-8H3;3-4H,1-2H3;2*1H4. The minimum absolute atomic E-state index is 0. The molecular weight excluding hydrogens is 1510 g/mol. The van der Waals surface area contributed by atoms with E-state index in [-0.39, 0.29) is 115 Å². The van der Waals surface area contributed by atoms with Gasteiger partial charge in [-0.15, -0.1) is 10.2 Å². The van der Waals surface area contributed by atoms with Crippen molar-refractivity contribution in [3.63, 3.8) is 0 Å². The smallest absolute Gasteiger partial charge is 0.405 e. The van der Waals surface area contributed by atoms with E-state index in [0.717, 1.165) is 43.7 Å². The summed E-state index contributed by atoms with van der Waals surface area (Å²) in [6.07, 6.45) is 5.16. The molecule has 0 bridgehead atoms. The number of hydrogen-bond donors (Lipinski definition) is 2.